The fourth-order valence-electron chi connectivity index (χ4n) is 2.61. The number of carbonyl (C=O) groups excluding carboxylic acids is 4. The minimum absolute atomic E-state index is 0.172. The van der Waals surface area contributed by atoms with E-state index in [1.807, 2.05) is 19.1 Å². The summed E-state index contributed by atoms with van der Waals surface area (Å²) in [5.41, 5.74) is 2.13. The molecule has 8 heteroatoms. The highest BCUT2D eigenvalue weighted by atomic mass is 32.2. The average Bonchev–Trinajstić information content (AvgIpc) is 2.97. The molecule has 154 valence electrons. The fourth-order valence-corrected chi connectivity index (χ4v) is 3.45. The summed E-state index contributed by atoms with van der Waals surface area (Å²) in [5, 5.41) is -0.525. The summed E-state index contributed by atoms with van der Waals surface area (Å²) in [6.45, 7) is 3.34. The number of hydrogen-bond donors (Lipinski definition) is 0. The Morgan fingerprint density at radius 2 is 1.70 bits per heavy atom. The molecule has 1 aliphatic rings. The van der Waals surface area contributed by atoms with Crippen LogP contribution in [0.2, 0.25) is 0 Å². The molecule has 0 bridgehead atoms. The second-order valence-corrected chi connectivity index (χ2v) is 7.39. The van der Waals surface area contributed by atoms with Crippen LogP contribution in [0.3, 0.4) is 0 Å². The summed E-state index contributed by atoms with van der Waals surface area (Å²) >= 11 is 0.755. The number of carbonyl (C=O) groups is 4. The summed E-state index contributed by atoms with van der Waals surface area (Å²) < 4.78 is 10.1. The summed E-state index contributed by atoms with van der Waals surface area (Å²) in [5.74, 6) is -1.30. The lowest BCUT2D eigenvalue weighted by atomic mass is 10.1. The number of thioether (sulfide) groups is 1. The Bertz CT molecular complexity index is 1010. The first kappa shape index (κ1) is 21.3. The number of esters is 2. The number of nitrogens with zero attached hydrogens (tertiary/aromatic N) is 1. The van der Waals surface area contributed by atoms with E-state index in [9.17, 15) is 19.2 Å². The maximum atomic E-state index is 12.4. The zero-order chi connectivity index (χ0) is 21.7. The first-order valence-electron chi connectivity index (χ1n) is 9.17. The third kappa shape index (κ3) is 5.15. The van der Waals surface area contributed by atoms with Crippen molar-refractivity contribution < 1.29 is 28.7 Å². The largest absolute Gasteiger partial charge is 0.465 e. The third-order valence-corrected chi connectivity index (χ3v) is 5.05. The molecule has 2 amide bonds. The number of hydrogen-bond acceptors (Lipinski definition) is 7. The summed E-state index contributed by atoms with van der Waals surface area (Å²) in [6, 6.07) is 13.6. The van der Waals surface area contributed by atoms with E-state index >= 15 is 0 Å². The Morgan fingerprint density at radius 1 is 1.03 bits per heavy atom. The van der Waals surface area contributed by atoms with Crippen LogP contribution in [0.25, 0.3) is 6.08 Å². The van der Waals surface area contributed by atoms with E-state index in [0.29, 0.717) is 16.9 Å². The molecule has 0 aliphatic carbocycles. The predicted octanol–water partition coefficient (Wildman–Crippen LogP) is 3.81. The van der Waals surface area contributed by atoms with E-state index in [2.05, 4.69) is 0 Å². The van der Waals surface area contributed by atoms with Gasteiger partial charge in [-0.15, -0.1) is 0 Å². The van der Waals surface area contributed by atoms with E-state index < -0.39 is 29.6 Å². The molecule has 0 atom stereocenters. The van der Waals surface area contributed by atoms with Crippen molar-refractivity contribution in [2.75, 3.05) is 13.2 Å². The van der Waals surface area contributed by atoms with Crippen molar-refractivity contribution in [3.63, 3.8) is 0 Å². The molecule has 3 rings (SSSR count). The molecule has 0 saturated carbocycles. The van der Waals surface area contributed by atoms with Gasteiger partial charge in [-0.1, -0.05) is 29.8 Å². The molecule has 0 unspecified atom stereocenters. The molecule has 1 heterocycles. The molecule has 7 nitrogen and oxygen atoms in total. The average molecular weight is 425 g/mol. The molecular formula is C22H19NO6S. The highest BCUT2D eigenvalue weighted by Crippen LogP contribution is 2.32. The molecular weight excluding hydrogens is 406 g/mol. The maximum absolute atomic E-state index is 12.4. The Labute approximate surface area is 177 Å². The fraction of sp³-hybridized carbons (Fsp3) is 0.182. The van der Waals surface area contributed by atoms with Crippen LogP contribution in [0.5, 0.6) is 5.75 Å². The van der Waals surface area contributed by atoms with E-state index in [0.717, 1.165) is 22.2 Å². The van der Waals surface area contributed by atoms with Crippen LogP contribution >= 0.6 is 11.8 Å². The van der Waals surface area contributed by atoms with Crippen LogP contribution in [0.1, 0.15) is 28.4 Å². The molecule has 1 saturated heterocycles. The van der Waals surface area contributed by atoms with Crippen LogP contribution in [-0.2, 0) is 14.3 Å². The lowest BCUT2D eigenvalue weighted by molar-refractivity contribution is -0.145. The predicted molar refractivity (Wildman–Crippen MR) is 112 cm³/mol. The van der Waals surface area contributed by atoms with Gasteiger partial charge in [-0.25, -0.2) is 4.79 Å². The van der Waals surface area contributed by atoms with Crippen molar-refractivity contribution in [1.82, 2.24) is 4.90 Å². The Balaban J connectivity index is 1.66. The molecule has 0 spiro atoms. The van der Waals surface area contributed by atoms with Gasteiger partial charge < -0.3 is 9.47 Å². The van der Waals surface area contributed by atoms with Gasteiger partial charge in [-0.05, 0) is 61.5 Å². The molecule has 2 aromatic carbocycles. The topological polar surface area (TPSA) is 90.0 Å². The van der Waals surface area contributed by atoms with E-state index in [1.165, 1.54) is 0 Å². The summed E-state index contributed by atoms with van der Waals surface area (Å²) in [4.78, 5) is 49.2. The van der Waals surface area contributed by atoms with Crippen LogP contribution in [0.4, 0.5) is 4.79 Å². The second-order valence-electron chi connectivity index (χ2n) is 6.40. The lowest BCUT2D eigenvalue weighted by Gasteiger charge is -2.10. The van der Waals surface area contributed by atoms with Crippen molar-refractivity contribution >= 4 is 40.9 Å². The van der Waals surface area contributed by atoms with Crippen molar-refractivity contribution in [3.8, 4) is 5.75 Å². The molecule has 0 N–H and O–H groups in total. The zero-order valence-corrected chi connectivity index (χ0v) is 17.2. The van der Waals surface area contributed by atoms with Crippen molar-refractivity contribution in [3.05, 3.63) is 70.1 Å². The number of imide groups is 1. The first-order valence-corrected chi connectivity index (χ1v) is 9.99. The van der Waals surface area contributed by atoms with Crippen LogP contribution in [0.15, 0.2) is 53.4 Å². The summed E-state index contributed by atoms with van der Waals surface area (Å²) in [6.07, 6.45) is 1.54. The van der Waals surface area contributed by atoms with Gasteiger partial charge >= 0.3 is 11.9 Å². The van der Waals surface area contributed by atoms with Gasteiger partial charge in [0.25, 0.3) is 11.1 Å². The normalized spacial score (nSPS) is 14.9. The molecule has 30 heavy (non-hydrogen) atoms. The summed E-state index contributed by atoms with van der Waals surface area (Å²) in [7, 11) is 0. The monoisotopic (exact) mass is 425 g/mol. The highest BCUT2D eigenvalue weighted by molar-refractivity contribution is 8.18. The standard InChI is InChI=1S/C22H19NO6S/c1-3-28-19(24)13-23-20(25)18(30-22(23)27)12-15-6-10-17(11-7-15)29-21(26)16-8-4-14(2)5-9-16/h4-12H,3,13H2,1-2H3/b18-12-. The number of rotatable bonds is 6. The maximum Gasteiger partial charge on any atom is 0.343 e. The zero-order valence-electron chi connectivity index (χ0n) is 16.4. The van der Waals surface area contributed by atoms with Gasteiger partial charge in [-0.3, -0.25) is 19.3 Å². The van der Waals surface area contributed by atoms with Gasteiger partial charge in [-0.2, -0.15) is 0 Å². The lowest BCUT2D eigenvalue weighted by Crippen LogP contribution is -2.34. The van der Waals surface area contributed by atoms with Gasteiger partial charge in [0, 0.05) is 0 Å². The third-order valence-electron chi connectivity index (χ3n) is 4.14. The minimum Gasteiger partial charge on any atom is -0.465 e. The van der Waals surface area contributed by atoms with Crippen molar-refractivity contribution in [1.29, 1.82) is 0 Å². The van der Waals surface area contributed by atoms with Gasteiger partial charge in [0.2, 0.25) is 0 Å². The van der Waals surface area contributed by atoms with Crippen LogP contribution in [-0.4, -0.2) is 41.1 Å². The quantitative estimate of drug-likeness (QED) is 0.395. The first-order chi connectivity index (χ1) is 14.4. The Kier molecular flexibility index (Phi) is 6.68. The number of benzene rings is 2. The molecule has 1 aliphatic heterocycles. The Morgan fingerprint density at radius 3 is 2.33 bits per heavy atom. The minimum atomic E-state index is -0.638. The van der Waals surface area contributed by atoms with E-state index in [4.69, 9.17) is 9.47 Å². The van der Waals surface area contributed by atoms with E-state index in [-0.39, 0.29) is 11.5 Å². The molecule has 1 fully saturated rings. The van der Waals surface area contributed by atoms with Gasteiger partial charge in [0.1, 0.15) is 12.3 Å². The van der Waals surface area contributed by atoms with Gasteiger partial charge in [0.15, 0.2) is 0 Å². The number of aryl methyl sites for hydroxylation is 1. The molecule has 0 radical (unpaired) electrons. The Hall–Kier alpha value is -3.39. The number of amides is 2. The van der Waals surface area contributed by atoms with Gasteiger partial charge in [0.05, 0.1) is 17.1 Å². The van der Waals surface area contributed by atoms with Crippen LogP contribution < -0.4 is 4.74 Å². The van der Waals surface area contributed by atoms with Crippen molar-refractivity contribution in [2.24, 2.45) is 0 Å². The smallest absolute Gasteiger partial charge is 0.343 e. The highest BCUT2D eigenvalue weighted by Gasteiger charge is 2.36. The SMILES string of the molecule is CCOC(=O)CN1C(=O)S/C(=C\c2ccc(OC(=O)c3ccc(C)cc3)cc2)C1=O. The van der Waals surface area contributed by atoms with Crippen molar-refractivity contribution in [2.45, 2.75) is 13.8 Å². The number of ether oxygens (including phenoxy) is 2. The van der Waals surface area contributed by atoms with Crippen LogP contribution in [0, 0.1) is 6.92 Å². The molecule has 0 aromatic heterocycles. The molecule has 2 aromatic rings. The second kappa shape index (κ2) is 9.41. The van der Waals surface area contributed by atoms with E-state index in [1.54, 1.807) is 49.4 Å².